The van der Waals surface area contributed by atoms with E-state index in [9.17, 15) is 19.8 Å². The van der Waals surface area contributed by atoms with Crippen molar-refractivity contribution in [1.29, 1.82) is 0 Å². The number of carbonyl (C=O) groups excluding carboxylic acids is 2. The number of carbonyl (C=O) groups is 2. The van der Waals surface area contributed by atoms with E-state index in [0.29, 0.717) is 0 Å². The number of amides is 1. The maximum atomic E-state index is 12.3. The Morgan fingerprint density at radius 3 is 2.30 bits per heavy atom. The molecule has 4 saturated carbocycles. The molecule has 3 N–H and O–H groups in total. The highest BCUT2D eigenvalue weighted by Crippen LogP contribution is 2.61. The second-order valence-corrected chi connectivity index (χ2v) is 8.85. The first-order chi connectivity index (χ1) is 12.8. The van der Waals surface area contributed by atoms with Crippen molar-refractivity contribution in [2.45, 2.75) is 51.5 Å². The zero-order chi connectivity index (χ0) is 19.2. The van der Waals surface area contributed by atoms with Gasteiger partial charge in [0, 0.05) is 12.1 Å². The van der Waals surface area contributed by atoms with Crippen LogP contribution in [0.3, 0.4) is 0 Å². The van der Waals surface area contributed by atoms with Crippen LogP contribution in [0, 0.1) is 23.2 Å². The number of phenols is 2. The second kappa shape index (κ2) is 6.73. The first kappa shape index (κ1) is 18.1. The molecule has 4 fully saturated rings. The number of benzene rings is 1. The number of hydrogen-bond acceptors (Lipinski definition) is 5. The molecule has 1 aromatic rings. The quantitative estimate of drug-likeness (QED) is 0.690. The van der Waals surface area contributed by atoms with Gasteiger partial charge in [-0.1, -0.05) is 0 Å². The summed E-state index contributed by atoms with van der Waals surface area (Å²) in [6.45, 7) is 1.70. The maximum Gasteiger partial charge on any atom is 0.342 e. The lowest BCUT2D eigenvalue weighted by Gasteiger charge is -2.59. The van der Waals surface area contributed by atoms with E-state index in [-0.39, 0.29) is 41.0 Å². The van der Waals surface area contributed by atoms with Crippen LogP contribution in [0.1, 0.15) is 55.8 Å². The molecule has 6 nitrogen and oxygen atoms in total. The average Bonchev–Trinajstić information content (AvgIpc) is 2.58. The summed E-state index contributed by atoms with van der Waals surface area (Å²) in [4.78, 5) is 24.4. The third-order valence-corrected chi connectivity index (χ3v) is 6.92. The number of hydrogen-bond donors (Lipinski definition) is 3. The van der Waals surface area contributed by atoms with Crippen molar-refractivity contribution in [3.63, 3.8) is 0 Å². The topological polar surface area (TPSA) is 95.9 Å². The third kappa shape index (κ3) is 3.49. The van der Waals surface area contributed by atoms with Crippen LogP contribution in [-0.4, -0.2) is 34.7 Å². The fraction of sp³-hybridized carbons (Fsp3) is 0.619. The lowest BCUT2D eigenvalue weighted by atomic mass is 9.48. The third-order valence-electron chi connectivity index (χ3n) is 6.92. The molecular weight excluding hydrogens is 346 g/mol. The summed E-state index contributed by atoms with van der Waals surface area (Å²) in [5, 5.41) is 22.0. The Morgan fingerprint density at radius 1 is 1.15 bits per heavy atom. The van der Waals surface area contributed by atoms with Crippen molar-refractivity contribution in [3.8, 4) is 11.5 Å². The van der Waals surface area contributed by atoms with Crippen LogP contribution in [-0.2, 0) is 9.53 Å². The SMILES string of the molecule is CC(NC(=O)COC(=O)c1ccc(O)cc1O)C12CC3CC(CC(C3)C1)C2. The molecule has 1 unspecified atom stereocenters. The molecule has 0 heterocycles. The standard InChI is InChI=1S/C21H27NO5/c1-12(21-8-13-4-14(9-21)6-15(5-13)10-21)22-19(25)11-27-20(26)17-3-2-16(23)7-18(17)24/h2-3,7,12-15,23-24H,4-6,8-11H2,1H3,(H,22,25). The summed E-state index contributed by atoms with van der Waals surface area (Å²) in [5.74, 6) is 0.811. The van der Waals surface area contributed by atoms with Crippen molar-refractivity contribution < 1.29 is 24.5 Å². The lowest BCUT2D eigenvalue weighted by molar-refractivity contribution is -0.128. The Bertz CT molecular complexity index is 724. The number of phenolic OH excluding ortho intramolecular Hbond substituents is 2. The molecule has 0 saturated heterocycles. The first-order valence-electron chi connectivity index (χ1n) is 9.83. The molecule has 4 bridgehead atoms. The van der Waals surface area contributed by atoms with Crippen molar-refractivity contribution >= 4 is 11.9 Å². The molecule has 4 aliphatic rings. The van der Waals surface area contributed by atoms with Gasteiger partial charge in [0.25, 0.3) is 5.91 Å². The van der Waals surface area contributed by atoms with Gasteiger partial charge in [0.1, 0.15) is 17.1 Å². The molecule has 6 heteroatoms. The van der Waals surface area contributed by atoms with Gasteiger partial charge in [0.05, 0.1) is 0 Å². The summed E-state index contributed by atoms with van der Waals surface area (Å²) >= 11 is 0. The van der Waals surface area contributed by atoms with Crippen molar-refractivity contribution in [2.75, 3.05) is 6.61 Å². The average molecular weight is 373 g/mol. The Balaban J connectivity index is 1.32. The number of aromatic hydroxyl groups is 2. The zero-order valence-electron chi connectivity index (χ0n) is 15.6. The Morgan fingerprint density at radius 2 is 1.74 bits per heavy atom. The summed E-state index contributed by atoms with van der Waals surface area (Å²) in [6.07, 6.45) is 7.65. The fourth-order valence-electron chi connectivity index (χ4n) is 6.05. The van der Waals surface area contributed by atoms with Crippen molar-refractivity contribution in [3.05, 3.63) is 23.8 Å². The number of rotatable bonds is 5. The van der Waals surface area contributed by atoms with Gasteiger partial charge in [-0.05, 0) is 80.8 Å². The van der Waals surface area contributed by atoms with Gasteiger partial charge in [-0.3, -0.25) is 4.79 Å². The van der Waals surface area contributed by atoms with Gasteiger partial charge in [-0.2, -0.15) is 0 Å². The normalized spacial score (nSPS) is 32.1. The van der Waals surface area contributed by atoms with Gasteiger partial charge in [0.15, 0.2) is 6.61 Å². The van der Waals surface area contributed by atoms with Gasteiger partial charge in [-0.15, -0.1) is 0 Å². The lowest BCUT2D eigenvalue weighted by Crippen LogP contribution is -2.56. The number of esters is 1. The molecule has 146 valence electrons. The van der Waals surface area contributed by atoms with Gasteiger partial charge >= 0.3 is 5.97 Å². The zero-order valence-corrected chi connectivity index (χ0v) is 15.6. The minimum Gasteiger partial charge on any atom is -0.508 e. The minimum absolute atomic E-state index is 0.0687. The van der Waals surface area contributed by atoms with E-state index in [1.807, 2.05) is 0 Å². The molecule has 0 aliphatic heterocycles. The molecule has 0 spiro atoms. The van der Waals surface area contributed by atoms with Crippen LogP contribution < -0.4 is 5.32 Å². The highest BCUT2D eigenvalue weighted by molar-refractivity contribution is 5.94. The smallest absolute Gasteiger partial charge is 0.342 e. The number of nitrogens with one attached hydrogen (secondary N) is 1. The van der Waals surface area contributed by atoms with Crippen LogP contribution >= 0.6 is 0 Å². The number of ether oxygens (including phenoxy) is 1. The first-order valence-corrected chi connectivity index (χ1v) is 9.83. The summed E-state index contributed by atoms with van der Waals surface area (Å²) in [5.41, 5.74) is 0.124. The van der Waals surface area contributed by atoms with Crippen LogP contribution in [0.4, 0.5) is 0 Å². The minimum atomic E-state index is -0.787. The maximum absolute atomic E-state index is 12.3. The van der Waals surface area contributed by atoms with Crippen molar-refractivity contribution in [1.82, 2.24) is 5.32 Å². The summed E-state index contributed by atoms with van der Waals surface area (Å²) in [6, 6.07) is 3.68. The van der Waals surface area contributed by atoms with Gasteiger partial charge in [0.2, 0.25) is 0 Å². The summed E-state index contributed by atoms with van der Waals surface area (Å²) in [7, 11) is 0. The van der Waals surface area contributed by atoms with Crippen molar-refractivity contribution in [2.24, 2.45) is 23.2 Å². The van der Waals surface area contributed by atoms with Gasteiger partial charge < -0.3 is 20.3 Å². The fourth-order valence-corrected chi connectivity index (χ4v) is 6.05. The van der Waals surface area contributed by atoms with Gasteiger partial charge in [-0.25, -0.2) is 4.79 Å². The Labute approximate surface area is 158 Å². The molecular formula is C21H27NO5. The van der Waals surface area contributed by atoms with E-state index in [0.717, 1.165) is 23.8 Å². The van der Waals surface area contributed by atoms with E-state index in [1.54, 1.807) is 0 Å². The van der Waals surface area contributed by atoms with Crippen LogP contribution in [0.25, 0.3) is 0 Å². The largest absolute Gasteiger partial charge is 0.508 e. The predicted octanol–water partition coefficient (Wildman–Crippen LogP) is 2.98. The monoisotopic (exact) mass is 373 g/mol. The predicted molar refractivity (Wildman–Crippen MR) is 98.3 cm³/mol. The van der Waals surface area contributed by atoms with E-state index < -0.39 is 5.97 Å². The molecule has 4 aliphatic carbocycles. The molecule has 1 amide bonds. The highest BCUT2D eigenvalue weighted by Gasteiger charge is 2.53. The Kier molecular flexibility index (Phi) is 4.52. The Hall–Kier alpha value is -2.24. The van der Waals surface area contributed by atoms with Crippen LogP contribution in [0.15, 0.2) is 18.2 Å². The van der Waals surface area contributed by atoms with E-state index in [4.69, 9.17) is 4.74 Å². The van der Waals surface area contributed by atoms with Crippen LogP contribution in [0.5, 0.6) is 11.5 Å². The highest BCUT2D eigenvalue weighted by atomic mass is 16.5. The summed E-state index contributed by atoms with van der Waals surface area (Å²) < 4.78 is 5.04. The molecule has 0 radical (unpaired) electrons. The molecule has 1 aromatic carbocycles. The molecule has 0 aromatic heterocycles. The van der Waals surface area contributed by atoms with Crippen LogP contribution in [0.2, 0.25) is 0 Å². The molecule has 5 rings (SSSR count). The molecule has 1 atom stereocenters. The molecule has 27 heavy (non-hydrogen) atoms. The van der Waals surface area contributed by atoms with E-state index in [2.05, 4.69) is 12.2 Å². The van der Waals surface area contributed by atoms with E-state index in [1.165, 1.54) is 50.7 Å². The van der Waals surface area contributed by atoms with E-state index >= 15 is 0 Å². The second-order valence-electron chi connectivity index (χ2n) is 8.85.